The first-order valence-corrected chi connectivity index (χ1v) is 9.50. The third-order valence-electron chi connectivity index (χ3n) is 5.03. The number of hydrogen-bond donors (Lipinski definition) is 0. The summed E-state index contributed by atoms with van der Waals surface area (Å²) in [5.41, 5.74) is 5.75. The zero-order chi connectivity index (χ0) is 18.7. The maximum Gasteiger partial charge on any atom is 0.309 e. The van der Waals surface area contributed by atoms with E-state index in [1.165, 1.54) is 36.6 Å². The van der Waals surface area contributed by atoms with E-state index in [1.54, 1.807) is 0 Å². The van der Waals surface area contributed by atoms with Crippen LogP contribution >= 0.6 is 11.6 Å². The summed E-state index contributed by atoms with van der Waals surface area (Å²) in [4.78, 5) is 11.8. The minimum Gasteiger partial charge on any atom is -0.487 e. The number of esters is 1. The Hall–Kier alpha value is -2.00. The summed E-state index contributed by atoms with van der Waals surface area (Å²) < 4.78 is 10.9. The lowest BCUT2D eigenvalue weighted by Gasteiger charge is -2.17. The molecule has 0 saturated heterocycles. The molecule has 2 aromatic carbocycles. The molecule has 0 aromatic heterocycles. The van der Waals surface area contributed by atoms with Crippen LogP contribution < -0.4 is 4.74 Å². The number of aryl methyl sites for hydroxylation is 2. The van der Waals surface area contributed by atoms with Gasteiger partial charge in [-0.3, -0.25) is 4.79 Å². The van der Waals surface area contributed by atoms with Gasteiger partial charge in [-0.25, -0.2) is 0 Å². The zero-order valence-electron chi connectivity index (χ0n) is 15.6. The van der Waals surface area contributed by atoms with Crippen molar-refractivity contribution in [3.8, 4) is 5.75 Å². The van der Waals surface area contributed by atoms with Crippen molar-refractivity contribution in [2.45, 2.75) is 52.1 Å². The molecule has 1 fully saturated rings. The normalized spacial score (nSPS) is 13.5. The summed E-state index contributed by atoms with van der Waals surface area (Å²) in [6.45, 7) is 4.59. The van der Waals surface area contributed by atoms with Crippen LogP contribution in [0.3, 0.4) is 0 Å². The van der Waals surface area contributed by atoms with Crippen LogP contribution in [-0.4, -0.2) is 13.1 Å². The van der Waals surface area contributed by atoms with Gasteiger partial charge in [0.15, 0.2) is 0 Å². The molecular formula is C22H25ClO3. The van der Waals surface area contributed by atoms with Crippen LogP contribution in [0.1, 0.15) is 53.5 Å². The second kappa shape index (κ2) is 8.13. The Kier molecular flexibility index (Phi) is 5.87. The molecule has 138 valence electrons. The summed E-state index contributed by atoms with van der Waals surface area (Å²) in [5.74, 6) is 1.03. The second-order valence-corrected chi connectivity index (χ2v) is 7.27. The molecule has 4 heteroatoms. The minimum absolute atomic E-state index is 0.236. The van der Waals surface area contributed by atoms with Gasteiger partial charge < -0.3 is 9.47 Å². The Bertz CT molecular complexity index is 809. The first-order valence-electron chi connectivity index (χ1n) is 9.12. The molecule has 0 bridgehead atoms. The number of carbonyl (C=O) groups excluding carboxylic acids is 1. The van der Waals surface area contributed by atoms with Crippen LogP contribution in [0.5, 0.6) is 5.75 Å². The predicted molar refractivity (Wildman–Crippen MR) is 104 cm³/mol. The number of ether oxygens (including phenoxy) is 2. The minimum atomic E-state index is -0.236. The van der Waals surface area contributed by atoms with E-state index < -0.39 is 0 Å². The van der Waals surface area contributed by atoms with E-state index in [0.29, 0.717) is 23.3 Å². The monoisotopic (exact) mass is 372 g/mol. The van der Waals surface area contributed by atoms with Gasteiger partial charge in [-0.15, -0.1) is 0 Å². The van der Waals surface area contributed by atoms with E-state index in [0.717, 1.165) is 17.5 Å². The van der Waals surface area contributed by atoms with E-state index >= 15 is 0 Å². The lowest BCUT2D eigenvalue weighted by molar-refractivity contribution is -0.139. The van der Waals surface area contributed by atoms with Crippen LogP contribution in [0, 0.1) is 6.92 Å². The lowest BCUT2D eigenvalue weighted by atomic mass is 9.96. The highest BCUT2D eigenvalue weighted by Gasteiger charge is 2.27. The topological polar surface area (TPSA) is 35.5 Å². The van der Waals surface area contributed by atoms with Gasteiger partial charge in [0, 0.05) is 0 Å². The van der Waals surface area contributed by atoms with E-state index in [9.17, 15) is 4.79 Å². The molecule has 26 heavy (non-hydrogen) atoms. The van der Waals surface area contributed by atoms with Gasteiger partial charge in [-0.2, -0.15) is 0 Å². The van der Waals surface area contributed by atoms with Crippen LogP contribution in [-0.2, 0) is 29.0 Å². The van der Waals surface area contributed by atoms with Gasteiger partial charge in [0.2, 0.25) is 0 Å². The number of rotatable bonds is 7. The first kappa shape index (κ1) is 18.8. The zero-order valence-corrected chi connectivity index (χ0v) is 16.4. The highest BCUT2D eigenvalue weighted by atomic mass is 35.5. The average Bonchev–Trinajstić information content (AvgIpc) is 3.47. The highest BCUT2D eigenvalue weighted by molar-refractivity contribution is 6.32. The van der Waals surface area contributed by atoms with Gasteiger partial charge in [-0.05, 0) is 72.1 Å². The second-order valence-electron chi connectivity index (χ2n) is 6.86. The molecule has 2 aromatic rings. The van der Waals surface area contributed by atoms with Crippen molar-refractivity contribution < 1.29 is 14.3 Å². The summed E-state index contributed by atoms with van der Waals surface area (Å²) in [5, 5.41) is 0.630. The number of hydrogen-bond acceptors (Lipinski definition) is 3. The maximum atomic E-state index is 11.8. The van der Waals surface area contributed by atoms with Crippen molar-refractivity contribution in [3.63, 3.8) is 0 Å². The van der Waals surface area contributed by atoms with Crippen molar-refractivity contribution in [2.24, 2.45) is 0 Å². The Morgan fingerprint density at radius 3 is 2.65 bits per heavy atom. The summed E-state index contributed by atoms with van der Waals surface area (Å²) >= 11 is 6.41. The van der Waals surface area contributed by atoms with Gasteiger partial charge in [-0.1, -0.05) is 36.7 Å². The maximum absolute atomic E-state index is 11.8. The number of halogens is 1. The SMILES string of the molecule is CCc1cc(Cl)c(OCc2c(CC(=O)OC)cccc2C2CC2)cc1C. The largest absolute Gasteiger partial charge is 0.487 e. The van der Waals surface area contributed by atoms with Gasteiger partial charge >= 0.3 is 5.97 Å². The van der Waals surface area contributed by atoms with E-state index in [2.05, 4.69) is 19.9 Å². The Morgan fingerprint density at radius 2 is 2.00 bits per heavy atom. The van der Waals surface area contributed by atoms with Crippen LogP contribution in [0.25, 0.3) is 0 Å². The Labute approximate surface area is 160 Å². The van der Waals surface area contributed by atoms with Gasteiger partial charge in [0.25, 0.3) is 0 Å². The van der Waals surface area contributed by atoms with E-state index in [-0.39, 0.29) is 12.4 Å². The highest BCUT2D eigenvalue weighted by Crippen LogP contribution is 2.43. The third-order valence-corrected chi connectivity index (χ3v) is 5.33. The fourth-order valence-corrected chi connectivity index (χ4v) is 3.58. The molecule has 3 rings (SSSR count). The van der Waals surface area contributed by atoms with E-state index in [4.69, 9.17) is 21.1 Å². The van der Waals surface area contributed by atoms with Crippen molar-refractivity contribution in [1.29, 1.82) is 0 Å². The van der Waals surface area contributed by atoms with E-state index in [1.807, 2.05) is 24.3 Å². The van der Waals surface area contributed by atoms with Crippen molar-refractivity contribution in [3.05, 3.63) is 63.2 Å². The molecule has 1 saturated carbocycles. The molecule has 0 unspecified atom stereocenters. The van der Waals surface area contributed by atoms with Crippen LogP contribution in [0.15, 0.2) is 30.3 Å². The van der Waals surface area contributed by atoms with Crippen molar-refractivity contribution >= 4 is 17.6 Å². The van der Waals surface area contributed by atoms with Crippen molar-refractivity contribution in [1.82, 2.24) is 0 Å². The molecule has 1 aliphatic carbocycles. The molecule has 0 spiro atoms. The molecule has 0 radical (unpaired) electrons. The molecule has 0 N–H and O–H groups in total. The molecule has 0 amide bonds. The van der Waals surface area contributed by atoms with Gasteiger partial charge in [0.05, 0.1) is 18.6 Å². The fraction of sp³-hybridized carbons (Fsp3) is 0.409. The lowest BCUT2D eigenvalue weighted by Crippen LogP contribution is -2.10. The smallest absolute Gasteiger partial charge is 0.309 e. The summed E-state index contributed by atoms with van der Waals surface area (Å²) in [6.07, 6.45) is 3.59. The summed E-state index contributed by atoms with van der Waals surface area (Å²) in [6, 6.07) is 10.1. The molecule has 0 atom stereocenters. The molecule has 0 aliphatic heterocycles. The first-order chi connectivity index (χ1) is 12.5. The molecule has 1 aliphatic rings. The third kappa shape index (κ3) is 4.21. The fourth-order valence-electron chi connectivity index (χ4n) is 3.34. The predicted octanol–water partition coefficient (Wildman–Crippen LogP) is 5.38. The Morgan fingerprint density at radius 1 is 1.23 bits per heavy atom. The summed E-state index contributed by atoms with van der Waals surface area (Å²) in [7, 11) is 1.42. The van der Waals surface area contributed by atoms with Crippen LogP contribution in [0.4, 0.5) is 0 Å². The van der Waals surface area contributed by atoms with Crippen molar-refractivity contribution in [2.75, 3.05) is 7.11 Å². The standard InChI is InChI=1S/C22H25ClO3/c1-4-15-11-20(23)21(10-14(15)2)26-13-19-17(12-22(24)25-3)6-5-7-18(19)16-8-9-16/h5-7,10-11,16H,4,8-9,12-13H2,1-3H3. The van der Waals surface area contributed by atoms with Crippen LogP contribution in [0.2, 0.25) is 5.02 Å². The number of methoxy groups -OCH3 is 1. The number of carbonyl (C=O) groups is 1. The average molecular weight is 373 g/mol. The quantitative estimate of drug-likeness (QED) is 0.612. The molecule has 0 heterocycles. The molecular weight excluding hydrogens is 348 g/mol. The molecule has 3 nitrogen and oxygen atoms in total. The number of benzene rings is 2. The Balaban J connectivity index is 1.87. The van der Waals surface area contributed by atoms with Gasteiger partial charge in [0.1, 0.15) is 12.4 Å².